The van der Waals surface area contributed by atoms with Crippen molar-refractivity contribution in [1.29, 1.82) is 0 Å². The Labute approximate surface area is 184 Å². The van der Waals surface area contributed by atoms with Crippen LogP contribution in [-0.2, 0) is 7.05 Å². The van der Waals surface area contributed by atoms with E-state index in [1.165, 1.54) is 18.4 Å². The fraction of sp³-hybridized carbons (Fsp3) is 0.400. The monoisotopic (exact) mass is 423 g/mol. The molecular formula is C25H30ClN3O. The molecule has 0 radical (unpaired) electrons. The number of halogens is 1. The van der Waals surface area contributed by atoms with Crippen molar-refractivity contribution in [1.82, 2.24) is 14.8 Å². The molecule has 1 N–H and O–H groups in total. The summed E-state index contributed by atoms with van der Waals surface area (Å²) in [4.78, 5) is 16.1. The molecule has 158 valence electrons. The highest BCUT2D eigenvalue weighted by Crippen LogP contribution is 2.37. The van der Waals surface area contributed by atoms with E-state index in [-0.39, 0.29) is 24.4 Å². The zero-order valence-corrected chi connectivity index (χ0v) is 18.7. The third kappa shape index (κ3) is 3.32. The van der Waals surface area contributed by atoms with E-state index < -0.39 is 0 Å². The number of fused-ring (bicyclic) bond motifs is 3. The van der Waals surface area contributed by atoms with E-state index in [1.807, 2.05) is 18.2 Å². The number of hydrogen-bond donors (Lipinski definition) is 1. The molecule has 2 aliphatic heterocycles. The molecule has 3 aromatic rings. The molecule has 5 rings (SSSR count). The number of nitrogens with zero attached hydrogens (tertiary/aromatic N) is 2. The molecule has 0 aliphatic carbocycles. The van der Waals surface area contributed by atoms with Gasteiger partial charge >= 0.3 is 0 Å². The highest BCUT2D eigenvalue weighted by Gasteiger charge is 2.39. The minimum Gasteiger partial charge on any atom is -0.349 e. The van der Waals surface area contributed by atoms with Gasteiger partial charge in [0.2, 0.25) is 0 Å². The fourth-order valence-corrected chi connectivity index (χ4v) is 5.66. The summed E-state index contributed by atoms with van der Waals surface area (Å²) in [6.45, 7) is 2.12. The Balaban J connectivity index is 0.00000218. The molecule has 0 saturated carbocycles. The van der Waals surface area contributed by atoms with Crippen LogP contribution in [-0.4, -0.2) is 40.5 Å². The Morgan fingerprint density at radius 3 is 2.30 bits per heavy atom. The molecule has 2 bridgehead atoms. The molecule has 1 aromatic heterocycles. The van der Waals surface area contributed by atoms with E-state index in [9.17, 15) is 4.79 Å². The number of para-hydroxylation sites is 1. The molecule has 2 aliphatic rings. The van der Waals surface area contributed by atoms with Gasteiger partial charge in [0, 0.05) is 30.6 Å². The average molecular weight is 424 g/mol. The van der Waals surface area contributed by atoms with Crippen LogP contribution >= 0.6 is 12.4 Å². The molecule has 2 aromatic carbocycles. The van der Waals surface area contributed by atoms with E-state index in [2.05, 4.69) is 66.1 Å². The minimum atomic E-state index is 0. The summed E-state index contributed by atoms with van der Waals surface area (Å²) in [7, 11) is 4.31. The molecule has 2 saturated heterocycles. The van der Waals surface area contributed by atoms with Gasteiger partial charge in [0.15, 0.2) is 0 Å². The smallest absolute Gasteiger partial charge is 0.254 e. The van der Waals surface area contributed by atoms with Crippen molar-refractivity contribution in [2.75, 3.05) is 7.05 Å². The van der Waals surface area contributed by atoms with Crippen LogP contribution in [0.25, 0.3) is 22.2 Å². The van der Waals surface area contributed by atoms with E-state index in [0.717, 1.165) is 40.6 Å². The SMILES string of the molecule is Cc1cccc2c(C(=O)NC3CC4CCC(C3)N4C)c(-c3ccccc3)n(C)c12.Cl. The zero-order valence-electron chi connectivity index (χ0n) is 17.9. The molecule has 2 atom stereocenters. The second-order valence-corrected chi connectivity index (χ2v) is 8.81. The second kappa shape index (κ2) is 8.09. The first-order valence-electron chi connectivity index (χ1n) is 10.7. The van der Waals surface area contributed by atoms with Crippen LogP contribution in [0.5, 0.6) is 0 Å². The predicted molar refractivity (Wildman–Crippen MR) is 125 cm³/mol. The minimum absolute atomic E-state index is 0. The average Bonchev–Trinajstić information content (AvgIpc) is 3.11. The van der Waals surface area contributed by atoms with E-state index in [0.29, 0.717) is 12.1 Å². The topological polar surface area (TPSA) is 37.3 Å². The predicted octanol–water partition coefficient (Wildman–Crippen LogP) is 4.93. The van der Waals surface area contributed by atoms with Crippen molar-refractivity contribution in [2.45, 2.75) is 50.7 Å². The van der Waals surface area contributed by atoms with Crippen molar-refractivity contribution in [2.24, 2.45) is 7.05 Å². The number of aromatic nitrogens is 1. The number of rotatable bonds is 3. The maximum absolute atomic E-state index is 13.6. The fourth-order valence-electron chi connectivity index (χ4n) is 5.66. The second-order valence-electron chi connectivity index (χ2n) is 8.81. The van der Waals surface area contributed by atoms with Gasteiger partial charge in [0.05, 0.1) is 16.8 Å². The molecule has 2 unspecified atom stereocenters. The van der Waals surface area contributed by atoms with Crippen LogP contribution in [0, 0.1) is 6.92 Å². The Kier molecular flexibility index (Phi) is 5.65. The van der Waals surface area contributed by atoms with Crippen molar-refractivity contribution in [3.63, 3.8) is 0 Å². The summed E-state index contributed by atoms with van der Waals surface area (Å²) >= 11 is 0. The van der Waals surface area contributed by atoms with Crippen LogP contribution in [0.4, 0.5) is 0 Å². The Bertz CT molecular complexity index is 1060. The Morgan fingerprint density at radius 1 is 0.967 bits per heavy atom. The van der Waals surface area contributed by atoms with E-state index in [4.69, 9.17) is 0 Å². The molecule has 1 amide bonds. The first-order valence-corrected chi connectivity index (χ1v) is 10.7. The first kappa shape index (κ1) is 21.0. The standard InChI is InChI=1S/C25H29N3O.ClH/c1-16-8-7-11-21-22(24(28(3)23(16)21)17-9-5-4-6-10-17)25(29)26-18-14-19-12-13-20(15-18)27(19)2;/h4-11,18-20H,12-15H2,1-3H3,(H,26,29);1H. The van der Waals surface area contributed by atoms with Gasteiger partial charge in [-0.1, -0.05) is 48.5 Å². The number of nitrogens with one attached hydrogen (secondary N) is 1. The van der Waals surface area contributed by atoms with Crippen LogP contribution in [0.2, 0.25) is 0 Å². The normalized spacial score (nSPS) is 23.4. The number of piperidine rings is 1. The molecule has 4 nitrogen and oxygen atoms in total. The van der Waals surface area contributed by atoms with Gasteiger partial charge in [-0.25, -0.2) is 0 Å². The number of aryl methyl sites for hydroxylation is 2. The first-order chi connectivity index (χ1) is 14.0. The lowest BCUT2D eigenvalue weighted by Gasteiger charge is -2.36. The Morgan fingerprint density at radius 2 is 1.63 bits per heavy atom. The number of benzene rings is 2. The van der Waals surface area contributed by atoms with Gasteiger partial charge < -0.3 is 14.8 Å². The summed E-state index contributed by atoms with van der Waals surface area (Å²) in [5.74, 6) is 0.0639. The van der Waals surface area contributed by atoms with Crippen LogP contribution in [0.15, 0.2) is 48.5 Å². The highest BCUT2D eigenvalue weighted by atomic mass is 35.5. The van der Waals surface area contributed by atoms with Crippen molar-refractivity contribution >= 4 is 29.2 Å². The van der Waals surface area contributed by atoms with Gasteiger partial charge in [-0.05, 0) is 50.8 Å². The summed E-state index contributed by atoms with van der Waals surface area (Å²) in [5.41, 5.74) is 5.23. The maximum Gasteiger partial charge on any atom is 0.254 e. The lowest BCUT2D eigenvalue weighted by Crippen LogP contribution is -2.48. The summed E-state index contributed by atoms with van der Waals surface area (Å²) in [6.07, 6.45) is 4.64. The number of hydrogen-bond acceptors (Lipinski definition) is 2. The molecule has 30 heavy (non-hydrogen) atoms. The number of carbonyl (C=O) groups is 1. The summed E-state index contributed by atoms with van der Waals surface area (Å²) in [5, 5.41) is 4.45. The summed E-state index contributed by atoms with van der Waals surface area (Å²) < 4.78 is 2.19. The zero-order chi connectivity index (χ0) is 20.1. The van der Waals surface area contributed by atoms with E-state index in [1.54, 1.807) is 0 Å². The van der Waals surface area contributed by atoms with Gasteiger partial charge in [0.1, 0.15) is 0 Å². The number of carbonyl (C=O) groups excluding carboxylic acids is 1. The highest BCUT2D eigenvalue weighted by molar-refractivity contribution is 6.13. The third-order valence-electron chi connectivity index (χ3n) is 7.12. The third-order valence-corrected chi connectivity index (χ3v) is 7.12. The summed E-state index contributed by atoms with van der Waals surface area (Å²) in [6, 6.07) is 18.0. The molecule has 0 spiro atoms. The van der Waals surface area contributed by atoms with Gasteiger partial charge in [0.25, 0.3) is 5.91 Å². The maximum atomic E-state index is 13.6. The largest absolute Gasteiger partial charge is 0.349 e. The quantitative estimate of drug-likeness (QED) is 0.648. The molecular weight excluding hydrogens is 394 g/mol. The van der Waals surface area contributed by atoms with Crippen molar-refractivity contribution in [3.8, 4) is 11.3 Å². The van der Waals surface area contributed by atoms with Crippen LogP contribution in [0.1, 0.15) is 41.6 Å². The molecule has 3 heterocycles. The van der Waals surface area contributed by atoms with Crippen LogP contribution < -0.4 is 5.32 Å². The van der Waals surface area contributed by atoms with Gasteiger partial charge in [-0.2, -0.15) is 0 Å². The van der Waals surface area contributed by atoms with Gasteiger partial charge in [-0.3, -0.25) is 4.79 Å². The Hall–Kier alpha value is -2.30. The number of amides is 1. The molecule has 5 heteroatoms. The van der Waals surface area contributed by atoms with Crippen molar-refractivity contribution < 1.29 is 4.79 Å². The van der Waals surface area contributed by atoms with Crippen LogP contribution in [0.3, 0.4) is 0 Å². The lowest BCUT2D eigenvalue weighted by molar-refractivity contribution is 0.0884. The van der Waals surface area contributed by atoms with E-state index >= 15 is 0 Å². The lowest BCUT2D eigenvalue weighted by atomic mass is 9.97. The van der Waals surface area contributed by atoms with Crippen molar-refractivity contribution in [3.05, 3.63) is 59.7 Å². The molecule has 2 fully saturated rings. The van der Waals surface area contributed by atoms with Gasteiger partial charge in [-0.15, -0.1) is 12.4 Å².